The maximum Gasteiger partial charge on any atom is 0.416 e. The minimum absolute atomic E-state index is 0.0669. The van der Waals surface area contributed by atoms with Crippen LogP contribution in [0.15, 0.2) is 65.7 Å². The molecule has 2 aromatic carbocycles. The van der Waals surface area contributed by atoms with Crippen molar-refractivity contribution in [1.29, 1.82) is 0 Å². The molecule has 0 saturated carbocycles. The van der Waals surface area contributed by atoms with E-state index in [9.17, 15) is 9.18 Å². The second kappa shape index (κ2) is 8.16. The van der Waals surface area contributed by atoms with E-state index in [1.165, 1.54) is 12.1 Å². The zero-order valence-electron chi connectivity index (χ0n) is 15.7. The van der Waals surface area contributed by atoms with Crippen LogP contribution < -0.4 is 0 Å². The first-order chi connectivity index (χ1) is 13.0. The van der Waals surface area contributed by atoms with Crippen LogP contribution in [0.2, 0.25) is 0 Å². The summed E-state index contributed by atoms with van der Waals surface area (Å²) in [5.74, 6) is -0.257. The van der Waals surface area contributed by atoms with E-state index in [0.717, 1.165) is 16.8 Å². The van der Waals surface area contributed by atoms with Crippen LogP contribution >= 0.6 is 0 Å². The summed E-state index contributed by atoms with van der Waals surface area (Å²) in [6.45, 7) is 6.06. The number of nitrogens with zero attached hydrogens (tertiary/aromatic N) is 2. The SMILES string of the molecule is CCOC(=O)N1C(c2ccc(F)cc2)=CC(c2ccccc2)=NC1C(C)C. The Hall–Kier alpha value is -2.95. The molecule has 1 atom stereocenters. The van der Waals surface area contributed by atoms with Crippen molar-refractivity contribution >= 4 is 17.5 Å². The van der Waals surface area contributed by atoms with Crippen molar-refractivity contribution in [2.45, 2.75) is 26.9 Å². The highest BCUT2D eigenvalue weighted by Gasteiger charge is 2.34. The van der Waals surface area contributed by atoms with Gasteiger partial charge in [-0.2, -0.15) is 0 Å². The third kappa shape index (κ3) is 4.08. The third-order valence-corrected chi connectivity index (χ3v) is 4.34. The van der Waals surface area contributed by atoms with Gasteiger partial charge in [0.1, 0.15) is 12.0 Å². The Morgan fingerprint density at radius 1 is 1.11 bits per heavy atom. The fourth-order valence-corrected chi connectivity index (χ4v) is 3.04. The highest BCUT2D eigenvalue weighted by atomic mass is 19.1. The molecule has 140 valence electrons. The molecular weight excluding hydrogens is 343 g/mol. The van der Waals surface area contributed by atoms with Crippen molar-refractivity contribution in [2.75, 3.05) is 6.61 Å². The van der Waals surface area contributed by atoms with E-state index in [1.807, 2.05) is 50.3 Å². The minimum atomic E-state index is -0.456. The third-order valence-electron chi connectivity index (χ3n) is 4.34. The van der Waals surface area contributed by atoms with Crippen LogP contribution in [-0.4, -0.2) is 29.5 Å². The van der Waals surface area contributed by atoms with Gasteiger partial charge in [0.05, 0.1) is 18.0 Å². The number of hydrogen-bond acceptors (Lipinski definition) is 3. The summed E-state index contributed by atoms with van der Waals surface area (Å²) in [6.07, 6.45) is 0.991. The molecule has 0 bridgehead atoms. The summed E-state index contributed by atoms with van der Waals surface area (Å²) in [6, 6.07) is 15.9. The lowest BCUT2D eigenvalue weighted by Crippen LogP contribution is -2.44. The lowest BCUT2D eigenvalue weighted by molar-refractivity contribution is 0.106. The number of ether oxygens (including phenoxy) is 1. The molecule has 5 heteroatoms. The molecule has 0 spiro atoms. The Labute approximate surface area is 159 Å². The Bertz CT molecular complexity index is 858. The molecule has 4 nitrogen and oxygen atoms in total. The number of amides is 1. The molecule has 1 aliphatic heterocycles. The number of aliphatic imine (C=N–C) groups is 1. The van der Waals surface area contributed by atoms with Crippen LogP contribution in [-0.2, 0) is 4.74 Å². The second-order valence-corrected chi connectivity index (χ2v) is 6.64. The Balaban J connectivity index is 2.14. The smallest absolute Gasteiger partial charge is 0.416 e. The van der Waals surface area contributed by atoms with Crippen molar-refractivity contribution in [3.05, 3.63) is 77.6 Å². The Kier molecular flexibility index (Phi) is 5.69. The van der Waals surface area contributed by atoms with E-state index in [-0.39, 0.29) is 18.3 Å². The van der Waals surface area contributed by atoms with E-state index in [1.54, 1.807) is 24.0 Å². The van der Waals surface area contributed by atoms with Crippen LogP contribution in [0.3, 0.4) is 0 Å². The lowest BCUT2D eigenvalue weighted by Gasteiger charge is -2.36. The average molecular weight is 366 g/mol. The molecule has 0 saturated heterocycles. The first kappa shape index (κ1) is 18.8. The topological polar surface area (TPSA) is 41.9 Å². The first-order valence-electron chi connectivity index (χ1n) is 9.08. The molecule has 0 radical (unpaired) electrons. The molecule has 0 fully saturated rings. The van der Waals surface area contributed by atoms with Crippen LogP contribution in [0.5, 0.6) is 0 Å². The predicted octanol–water partition coefficient (Wildman–Crippen LogP) is 5.11. The van der Waals surface area contributed by atoms with Gasteiger partial charge in [0, 0.05) is 0 Å². The van der Waals surface area contributed by atoms with Gasteiger partial charge < -0.3 is 4.74 Å². The summed E-state index contributed by atoms with van der Waals surface area (Å²) in [5, 5.41) is 0. The van der Waals surface area contributed by atoms with Crippen molar-refractivity contribution in [1.82, 2.24) is 4.90 Å². The normalized spacial score (nSPS) is 16.8. The highest BCUT2D eigenvalue weighted by molar-refractivity contribution is 6.14. The van der Waals surface area contributed by atoms with Crippen LogP contribution in [0.1, 0.15) is 31.9 Å². The van der Waals surface area contributed by atoms with E-state index >= 15 is 0 Å². The molecule has 0 N–H and O–H groups in total. The maximum absolute atomic E-state index is 13.4. The largest absolute Gasteiger partial charge is 0.449 e. The summed E-state index contributed by atoms with van der Waals surface area (Å²) in [7, 11) is 0. The first-order valence-corrected chi connectivity index (χ1v) is 9.08. The second-order valence-electron chi connectivity index (χ2n) is 6.64. The Morgan fingerprint density at radius 3 is 2.37 bits per heavy atom. The fourth-order valence-electron chi connectivity index (χ4n) is 3.04. The van der Waals surface area contributed by atoms with Gasteiger partial charge in [0.2, 0.25) is 0 Å². The number of hydrogen-bond donors (Lipinski definition) is 0. The molecule has 0 aromatic heterocycles. The average Bonchev–Trinajstić information content (AvgIpc) is 2.68. The van der Waals surface area contributed by atoms with E-state index in [4.69, 9.17) is 9.73 Å². The van der Waals surface area contributed by atoms with Gasteiger partial charge in [0.25, 0.3) is 0 Å². The van der Waals surface area contributed by atoms with Crippen molar-refractivity contribution in [2.24, 2.45) is 10.9 Å². The van der Waals surface area contributed by atoms with E-state index in [0.29, 0.717) is 5.70 Å². The Morgan fingerprint density at radius 2 is 1.78 bits per heavy atom. The molecule has 1 heterocycles. The van der Waals surface area contributed by atoms with Gasteiger partial charge >= 0.3 is 6.09 Å². The molecule has 3 rings (SSSR count). The molecular formula is C22H23FN2O2. The summed E-state index contributed by atoms with van der Waals surface area (Å²) >= 11 is 0. The summed E-state index contributed by atoms with van der Waals surface area (Å²) < 4.78 is 18.7. The summed E-state index contributed by atoms with van der Waals surface area (Å²) in [4.78, 5) is 19.1. The van der Waals surface area contributed by atoms with Gasteiger partial charge in [0.15, 0.2) is 0 Å². The van der Waals surface area contributed by atoms with Crippen LogP contribution in [0, 0.1) is 11.7 Å². The van der Waals surface area contributed by atoms with Crippen LogP contribution in [0.25, 0.3) is 5.70 Å². The van der Waals surface area contributed by atoms with Gasteiger partial charge in [-0.05, 0) is 54.3 Å². The van der Waals surface area contributed by atoms with Gasteiger partial charge in [-0.25, -0.2) is 9.18 Å². The molecule has 1 aliphatic rings. The quantitative estimate of drug-likeness (QED) is 0.754. The molecule has 0 aliphatic carbocycles. The minimum Gasteiger partial charge on any atom is -0.449 e. The number of benzene rings is 2. The number of rotatable bonds is 4. The van der Waals surface area contributed by atoms with Crippen LogP contribution in [0.4, 0.5) is 9.18 Å². The van der Waals surface area contributed by atoms with E-state index < -0.39 is 12.3 Å². The standard InChI is InChI=1S/C22H23FN2O2/c1-4-27-22(26)25-20(17-10-12-18(23)13-11-17)14-19(24-21(25)15(2)3)16-8-6-5-7-9-16/h5-15,21H,4H2,1-3H3. The monoisotopic (exact) mass is 366 g/mol. The van der Waals surface area contributed by atoms with Gasteiger partial charge in [-0.1, -0.05) is 44.2 Å². The molecule has 27 heavy (non-hydrogen) atoms. The van der Waals surface area contributed by atoms with Gasteiger partial charge in [-0.15, -0.1) is 0 Å². The fraction of sp³-hybridized carbons (Fsp3) is 0.273. The van der Waals surface area contributed by atoms with Crippen molar-refractivity contribution in [3.63, 3.8) is 0 Å². The zero-order valence-corrected chi connectivity index (χ0v) is 15.7. The number of halogens is 1. The molecule has 2 aromatic rings. The summed E-state index contributed by atoms with van der Waals surface area (Å²) in [5.41, 5.74) is 3.14. The molecule has 1 amide bonds. The highest BCUT2D eigenvalue weighted by Crippen LogP contribution is 2.31. The van der Waals surface area contributed by atoms with Crippen molar-refractivity contribution < 1.29 is 13.9 Å². The molecule has 1 unspecified atom stereocenters. The zero-order chi connectivity index (χ0) is 19.4. The maximum atomic E-state index is 13.4. The number of carbonyl (C=O) groups is 1. The number of allylic oxidation sites excluding steroid dienone is 1. The van der Waals surface area contributed by atoms with Gasteiger partial charge in [-0.3, -0.25) is 9.89 Å². The predicted molar refractivity (Wildman–Crippen MR) is 105 cm³/mol. The lowest BCUT2D eigenvalue weighted by atomic mass is 9.99. The van der Waals surface area contributed by atoms with Crippen molar-refractivity contribution in [3.8, 4) is 0 Å². The van der Waals surface area contributed by atoms with E-state index in [2.05, 4.69) is 0 Å². The number of carbonyl (C=O) groups excluding carboxylic acids is 1.